The van der Waals surface area contributed by atoms with Crippen molar-refractivity contribution in [3.63, 3.8) is 0 Å². The molecule has 0 saturated heterocycles. The quantitative estimate of drug-likeness (QED) is 0.484. The van der Waals surface area contributed by atoms with E-state index in [-0.39, 0.29) is 5.91 Å². The van der Waals surface area contributed by atoms with E-state index in [4.69, 9.17) is 14.7 Å². The third kappa shape index (κ3) is 5.13. The standard InChI is InChI=1S/C24H22N2O3S/c1-26(16-18-9-12-23(30-3)22(13-18)28-2)24(27)19-5-4-6-21(14-19)29-20-10-7-17(15-25)8-11-20/h4-14H,16H2,1-3H3. The highest BCUT2D eigenvalue weighted by Gasteiger charge is 2.14. The molecule has 0 radical (unpaired) electrons. The van der Waals surface area contributed by atoms with Gasteiger partial charge in [-0.2, -0.15) is 5.26 Å². The first-order valence-electron chi connectivity index (χ1n) is 9.28. The summed E-state index contributed by atoms with van der Waals surface area (Å²) in [6, 6.07) is 21.9. The monoisotopic (exact) mass is 418 g/mol. The van der Waals surface area contributed by atoms with Crippen molar-refractivity contribution < 1.29 is 14.3 Å². The Kier molecular flexibility index (Phi) is 6.99. The molecule has 5 nitrogen and oxygen atoms in total. The molecule has 0 aromatic heterocycles. The summed E-state index contributed by atoms with van der Waals surface area (Å²) < 4.78 is 11.3. The van der Waals surface area contributed by atoms with E-state index in [1.54, 1.807) is 79.4 Å². The van der Waals surface area contributed by atoms with Crippen molar-refractivity contribution >= 4 is 17.7 Å². The zero-order chi connectivity index (χ0) is 21.5. The molecular weight excluding hydrogens is 396 g/mol. The number of carbonyl (C=O) groups excluding carboxylic acids is 1. The van der Waals surface area contributed by atoms with Crippen molar-refractivity contribution in [1.29, 1.82) is 5.26 Å². The van der Waals surface area contributed by atoms with Gasteiger partial charge >= 0.3 is 0 Å². The highest BCUT2D eigenvalue weighted by molar-refractivity contribution is 7.98. The number of thioether (sulfide) groups is 1. The topological polar surface area (TPSA) is 62.6 Å². The van der Waals surface area contributed by atoms with Crippen molar-refractivity contribution in [1.82, 2.24) is 4.90 Å². The van der Waals surface area contributed by atoms with E-state index in [9.17, 15) is 4.79 Å². The van der Waals surface area contributed by atoms with Gasteiger partial charge in [-0.3, -0.25) is 4.79 Å². The van der Waals surface area contributed by atoms with Gasteiger partial charge in [0.15, 0.2) is 0 Å². The van der Waals surface area contributed by atoms with Gasteiger partial charge in [0.2, 0.25) is 0 Å². The summed E-state index contributed by atoms with van der Waals surface area (Å²) in [7, 11) is 3.42. The van der Waals surface area contributed by atoms with Crippen LogP contribution in [0.3, 0.4) is 0 Å². The minimum atomic E-state index is -0.104. The predicted octanol–water partition coefficient (Wildman–Crippen LogP) is 5.35. The molecule has 1 amide bonds. The fraction of sp³-hybridized carbons (Fsp3) is 0.167. The molecule has 0 aliphatic heterocycles. The lowest BCUT2D eigenvalue weighted by atomic mass is 10.1. The van der Waals surface area contributed by atoms with Crippen molar-refractivity contribution in [2.24, 2.45) is 0 Å². The Morgan fingerprint density at radius 3 is 2.50 bits per heavy atom. The molecule has 0 heterocycles. The number of methoxy groups -OCH3 is 1. The lowest BCUT2D eigenvalue weighted by molar-refractivity contribution is 0.0784. The van der Waals surface area contributed by atoms with Gasteiger partial charge in [0.1, 0.15) is 17.2 Å². The Morgan fingerprint density at radius 2 is 1.83 bits per heavy atom. The number of nitrogens with zero attached hydrogens (tertiary/aromatic N) is 2. The zero-order valence-corrected chi connectivity index (χ0v) is 17.9. The van der Waals surface area contributed by atoms with Crippen LogP contribution in [0.15, 0.2) is 71.6 Å². The number of carbonyl (C=O) groups is 1. The van der Waals surface area contributed by atoms with Gasteiger partial charge in [0.05, 0.1) is 18.7 Å². The second kappa shape index (κ2) is 9.86. The van der Waals surface area contributed by atoms with E-state index in [2.05, 4.69) is 6.07 Å². The molecule has 0 saturated carbocycles. The van der Waals surface area contributed by atoms with E-state index >= 15 is 0 Å². The fourth-order valence-corrected chi connectivity index (χ4v) is 3.52. The van der Waals surface area contributed by atoms with Gasteiger partial charge in [-0.25, -0.2) is 0 Å². The van der Waals surface area contributed by atoms with Crippen LogP contribution in [-0.2, 0) is 6.54 Å². The predicted molar refractivity (Wildman–Crippen MR) is 118 cm³/mol. The Hall–Kier alpha value is -3.43. The first-order valence-corrected chi connectivity index (χ1v) is 10.5. The van der Waals surface area contributed by atoms with Gasteiger partial charge in [0.25, 0.3) is 5.91 Å². The second-order valence-electron chi connectivity index (χ2n) is 6.62. The first-order chi connectivity index (χ1) is 14.5. The van der Waals surface area contributed by atoms with Crippen molar-refractivity contribution in [3.05, 3.63) is 83.4 Å². The van der Waals surface area contributed by atoms with Crippen LogP contribution in [0.1, 0.15) is 21.5 Å². The van der Waals surface area contributed by atoms with Gasteiger partial charge in [-0.15, -0.1) is 11.8 Å². The lowest BCUT2D eigenvalue weighted by Crippen LogP contribution is -2.26. The minimum absolute atomic E-state index is 0.104. The van der Waals surface area contributed by atoms with Crippen LogP contribution >= 0.6 is 11.8 Å². The van der Waals surface area contributed by atoms with Gasteiger partial charge < -0.3 is 14.4 Å². The largest absolute Gasteiger partial charge is 0.496 e. The highest BCUT2D eigenvalue weighted by atomic mass is 32.2. The number of benzene rings is 3. The van der Waals surface area contributed by atoms with Crippen LogP contribution in [0.25, 0.3) is 0 Å². The Bertz CT molecular complexity index is 1070. The molecule has 0 spiro atoms. The summed E-state index contributed by atoms with van der Waals surface area (Å²) in [5.74, 6) is 1.87. The number of nitriles is 1. The van der Waals surface area contributed by atoms with Crippen molar-refractivity contribution in [2.45, 2.75) is 11.4 Å². The van der Waals surface area contributed by atoms with Crippen LogP contribution in [0.2, 0.25) is 0 Å². The summed E-state index contributed by atoms with van der Waals surface area (Å²) in [4.78, 5) is 15.6. The molecule has 0 aliphatic carbocycles. The maximum atomic E-state index is 12.9. The average molecular weight is 419 g/mol. The number of ether oxygens (including phenoxy) is 2. The summed E-state index contributed by atoms with van der Waals surface area (Å²) >= 11 is 1.62. The number of hydrogen-bond donors (Lipinski definition) is 0. The average Bonchev–Trinajstić information content (AvgIpc) is 2.79. The van der Waals surface area contributed by atoms with Crippen LogP contribution in [0.5, 0.6) is 17.2 Å². The van der Waals surface area contributed by atoms with Gasteiger partial charge in [-0.05, 0) is 66.4 Å². The highest BCUT2D eigenvalue weighted by Crippen LogP contribution is 2.29. The molecule has 6 heteroatoms. The van der Waals surface area contributed by atoms with E-state index in [1.807, 2.05) is 24.5 Å². The Labute approximate surface area is 180 Å². The molecule has 0 bridgehead atoms. The Morgan fingerprint density at radius 1 is 1.07 bits per heavy atom. The van der Waals surface area contributed by atoms with E-state index in [1.165, 1.54) is 0 Å². The summed E-state index contributed by atoms with van der Waals surface area (Å²) in [5.41, 5.74) is 2.09. The molecule has 0 N–H and O–H groups in total. The van der Waals surface area contributed by atoms with E-state index in [0.29, 0.717) is 29.2 Å². The molecule has 3 rings (SSSR count). The maximum Gasteiger partial charge on any atom is 0.254 e. The molecule has 3 aromatic carbocycles. The molecule has 3 aromatic rings. The van der Waals surface area contributed by atoms with Crippen LogP contribution in [0.4, 0.5) is 0 Å². The molecular formula is C24H22N2O3S. The third-order valence-corrected chi connectivity index (χ3v) is 5.29. The molecule has 0 fully saturated rings. The summed E-state index contributed by atoms with van der Waals surface area (Å²) in [5, 5.41) is 8.89. The van der Waals surface area contributed by atoms with E-state index in [0.717, 1.165) is 16.2 Å². The molecule has 0 aliphatic rings. The molecule has 0 atom stereocenters. The molecule has 30 heavy (non-hydrogen) atoms. The number of amides is 1. The van der Waals surface area contributed by atoms with Crippen LogP contribution in [0, 0.1) is 11.3 Å². The van der Waals surface area contributed by atoms with Crippen molar-refractivity contribution in [3.8, 4) is 23.3 Å². The fourth-order valence-electron chi connectivity index (χ4n) is 2.97. The first kappa shape index (κ1) is 21.3. The maximum absolute atomic E-state index is 12.9. The minimum Gasteiger partial charge on any atom is -0.496 e. The zero-order valence-electron chi connectivity index (χ0n) is 17.1. The SMILES string of the molecule is COc1cc(CN(C)C(=O)c2cccc(Oc3ccc(C#N)cc3)c2)ccc1SC. The van der Waals surface area contributed by atoms with E-state index < -0.39 is 0 Å². The van der Waals surface area contributed by atoms with Gasteiger partial charge in [-0.1, -0.05) is 12.1 Å². The molecule has 0 unspecified atom stereocenters. The van der Waals surface area contributed by atoms with Crippen molar-refractivity contribution in [2.75, 3.05) is 20.4 Å². The van der Waals surface area contributed by atoms with Crippen LogP contribution < -0.4 is 9.47 Å². The summed E-state index contributed by atoms with van der Waals surface area (Å²) in [6.07, 6.45) is 2.00. The second-order valence-corrected chi connectivity index (χ2v) is 7.46. The number of rotatable bonds is 7. The smallest absolute Gasteiger partial charge is 0.254 e. The van der Waals surface area contributed by atoms with Gasteiger partial charge in [0, 0.05) is 24.1 Å². The third-order valence-electron chi connectivity index (χ3n) is 4.51. The lowest BCUT2D eigenvalue weighted by Gasteiger charge is -2.19. The van der Waals surface area contributed by atoms with Crippen LogP contribution in [-0.4, -0.2) is 31.2 Å². The molecule has 152 valence electrons. The summed E-state index contributed by atoms with van der Waals surface area (Å²) in [6.45, 7) is 0.463. The Balaban J connectivity index is 1.71. The number of hydrogen-bond acceptors (Lipinski definition) is 5. The normalized spacial score (nSPS) is 10.2.